The highest BCUT2D eigenvalue weighted by Crippen LogP contribution is 2.15. The minimum Gasteiger partial charge on any atom is -0.465 e. The lowest BCUT2D eigenvalue weighted by atomic mass is 10.2. The summed E-state index contributed by atoms with van der Waals surface area (Å²) in [5.74, 6) is -0.739. The summed E-state index contributed by atoms with van der Waals surface area (Å²) in [6.07, 6.45) is -1.67. The van der Waals surface area contributed by atoms with E-state index >= 15 is 0 Å². The van der Waals surface area contributed by atoms with Crippen LogP contribution in [0.4, 0.5) is 4.79 Å². The van der Waals surface area contributed by atoms with Crippen LogP contribution in [-0.4, -0.2) is 40.1 Å². The Morgan fingerprint density at radius 3 is 2.77 bits per heavy atom. The van der Waals surface area contributed by atoms with Gasteiger partial charge in [-0.15, -0.1) is 0 Å². The second kappa shape index (κ2) is 3.61. The van der Waals surface area contributed by atoms with Gasteiger partial charge in [-0.05, 0) is 11.6 Å². The maximum atomic E-state index is 10.9. The Morgan fingerprint density at radius 2 is 2.31 bits per heavy atom. The molecule has 0 aromatic rings. The number of halogens is 1. The van der Waals surface area contributed by atoms with Gasteiger partial charge in [0.2, 0.25) is 5.24 Å². The average molecular weight is 208 g/mol. The highest BCUT2D eigenvalue weighted by atomic mass is 35.5. The molecule has 1 fully saturated rings. The zero-order valence-electron chi connectivity index (χ0n) is 6.40. The Morgan fingerprint density at radius 1 is 1.69 bits per heavy atom. The molecule has 1 heterocycles. The summed E-state index contributed by atoms with van der Waals surface area (Å²) in [6.45, 7) is -0.344. The van der Waals surface area contributed by atoms with Crippen LogP contribution in [0.5, 0.6) is 0 Å². The zero-order chi connectivity index (χ0) is 10.0. The topological polar surface area (TPSA) is 83.9 Å². The molecule has 1 aliphatic rings. The Kier molecular flexibility index (Phi) is 2.72. The molecular weight excluding hydrogens is 202 g/mol. The molecule has 72 valence electrons. The summed E-state index contributed by atoms with van der Waals surface area (Å²) in [5, 5.41) is 7.79. The highest BCUT2D eigenvalue weighted by Gasteiger charge is 2.38. The van der Waals surface area contributed by atoms with Crippen molar-refractivity contribution in [2.75, 3.05) is 6.73 Å². The fourth-order valence-electron chi connectivity index (χ4n) is 0.981. The van der Waals surface area contributed by atoms with Crippen molar-refractivity contribution < 1.29 is 24.2 Å². The molecule has 7 heteroatoms. The highest BCUT2D eigenvalue weighted by molar-refractivity contribution is 6.63. The number of amides is 1. The maximum absolute atomic E-state index is 10.9. The second-order valence-corrected chi connectivity index (χ2v) is 2.84. The van der Waals surface area contributed by atoms with Gasteiger partial charge in [0.1, 0.15) is 6.04 Å². The molecule has 0 aromatic carbocycles. The van der Waals surface area contributed by atoms with Gasteiger partial charge in [-0.25, -0.2) is 9.59 Å². The fourth-order valence-corrected chi connectivity index (χ4v) is 1.13. The van der Waals surface area contributed by atoms with Gasteiger partial charge in [0, 0.05) is 0 Å². The third-order valence-corrected chi connectivity index (χ3v) is 1.75. The number of nitrogens with zero attached hydrogens (tertiary/aromatic N) is 1. The van der Waals surface area contributed by atoms with Crippen LogP contribution in [0.15, 0.2) is 0 Å². The Balaban J connectivity index is 2.71. The number of esters is 1. The first-order valence-corrected chi connectivity index (χ1v) is 3.74. The van der Waals surface area contributed by atoms with Crippen LogP contribution in [0.2, 0.25) is 0 Å². The number of carbonyl (C=O) groups excluding carboxylic acids is 2. The van der Waals surface area contributed by atoms with Crippen LogP contribution in [0.25, 0.3) is 0 Å². The second-order valence-electron chi connectivity index (χ2n) is 2.42. The number of hydrogen-bond acceptors (Lipinski definition) is 4. The maximum Gasteiger partial charge on any atom is 0.410 e. The predicted molar refractivity (Wildman–Crippen MR) is 40.1 cm³/mol. The predicted octanol–water partition coefficient (Wildman–Crippen LogP) is 0.00480. The standard InChI is InChI=1S/C6H6ClNO5/c7-4(9)1-3-5(10)13-2-8(3)6(11)12/h3H,1-2H2,(H,11,12)/t3-/m0/s1. The van der Waals surface area contributed by atoms with Crippen molar-refractivity contribution >= 4 is 28.9 Å². The SMILES string of the molecule is O=C(Cl)C[C@H]1C(=O)OCN1C(=O)O. The Bertz CT molecular complexity index is 266. The first kappa shape index (κ1) is 9.79. The number of ether oxygens (including phenoxy) is 1. The molecular formula is C6H6ClNO5. The molecule has 1 rings (SSSR count). The average Bonchev–Trinajstić information content (AvgIpc) is 2.32. The minimum absolute atomic E-state index is 0.344. The third kappa shape index (κ3) is 2.09. The lowest BCUT2D eigenvalue weighted by Crippen LogP contribution is -2.38. The zero-order valence-corrected chi connectivity index (χ0v) is 7.15. The summed E-state index contributed by atoms with van der Waals surface area (Å²) in [5.41, 5.74) is 0. The van der Waals surface area contributed by atoms with Crippen molar-refractivity contribution in [3.63, 3.8) is 0 Å². The van der Waals surface area contributed by atoms with Crippen molar-refractivity contribution in [2.24, 2.45) is 0 Å². The van der Waals surface area contributed by atoms with Crippen LogP contribution in [0.1, 0.15) is 6.42 Å². The summed E-state index contributed by atoms with van der Waals surface area (Å²) in [7, 11) is 0. The molecule has 0 radical (unpaired) electrons. The lowest BCUT2D eigenvalue weighted by molar-refractivity contribution is -0.139. The molecule has 6 nitrogen and oxygen atoms in total. The van der Waals surface area contributed by atoms with Gasteiger partial charge in [-0.2, -0.15) is 0 Å². The van der Waals surface area contributed by atoms with Crippen molar-refractivity contribution in [2.45, 2.75) is 12.5 Å². The molecule has 0 aromatic heterocycles. The molecule has 1 aliphatic heterocycles. The summed E-state index contributed by atoms with van der Waals surface area (Å²) >= 11 is 5.03. The number of carbonyl (C=O) groups is 3. The molecule has 0 saturated carbocycles. The fraction of sp³-hybridized carbons (Fsp3) is 0.500. The van der Waals surface area contributed by atoms with Gasteiger partial charge in [0.05, 0.1) is 6.42 Å². The number of rotatable bonds is 2. The van der Waals surface area contributed by atoms with Crippen LogP contribution in [0, 0.1) is 0 Å². The summed E-state index contributed by atoms with van der Waals surface area (Å²) < 4.78 is 4.44. The van der Waals surface area contributed by atoms with Crippen LogP contribution >= 0.6 is 11.6 Å². The molecule has 13 heavy (non-hydrogen) atoms. The molecule has 1 amide bonds. The minimum atomic E-state index is -1.31. The molecule has 0 unspecified atom stereocenters. The molecule has 1 atom stereocenters. The van der Waals surface area contributed by atoms with Crippen LogP contribution in [-0.2, 0) is 14.3 Å². The quantitative estimate of drug-likeness (QED) is 0.509. The first-order valence-electron chi connectivity index (χ1n) is 3.37. The third-order valence-electron chi connectivity index (χ3n) is 1.59. The van der Waals surface area contributed by atoms with E-state index in [2.05, 4.69) is 4.74 Å². The molecule has 0 spiro atoms. The normalized spacial score (nSPS) is 21.5. The van der Waals surface area contributed by atoms with E-state index in [1.165, 1.54) is 0 Å². The van der Waals surface area contributed by atoms with E-state index in [0.29, 0.717) is 0 Å². The lowest BCUT2D eigenvalue weighted by Gasteiger charge is -2.13. The van der Waals surface area contributed by atoms with Crippen molar-refractivity contribution in [1.82, 2.24) is 4.90 Å². The number of carboxylic acid groups (broad SMARTS) is 1. The van der Waals surface area contributed by atoms with Gasteiger partial charge in [-0.3, -0.25) is 9.69 Å². The number of hydrogen-bond donors (Lipinski definition) is 1. The van der Waals surface area contributed by atoms with E-state index in [1.807, 2.05) is 0 Å². The Labute approximate surface area is 78.0 Å². The van der Waals surface area contributed by atoms with Gasteiger partial charge in [-0.1, -0.05) is 0 Å². The smallest absolute Gasteiger partial charge is 0.410 e. The van der Waals surface area contributed by atoms with Gasteiger partial charge < -0.3 is 9.84 Å². The largest absolute Gasteiger partial charge is 0.465 e. The Hall–Kier alpha value is -1.30. The molecule has 1 N–H and O–H groups in total. The van der Waals surface area contributed by atoms with E-state index in [1.54, 1.807) is 0 Å². The van der Waals surface area contributed by atoms with Crippen molar-refractivity contribution in [3.8, 4) is 0 Å². The van der Waals surface area contributed by atoms with E-state index < -0.39 is 23.3 Å². The van der Waals surface area contributed by atoms with Crippen LogP contribution < -0.4 is 0 Å². The molecule has 0 bridgehead atoms. The van der Waals surface area contributed by atoms with Gasteiger partial charge in [0.25, 0.3) is 0 Å². The van der Waals surface area contributed by atoms with E-state index in [0.717, 1.165) is 4.90 Å². The molecule has 1 saturated heterocycles. The van der Waals surface area contributed by atoms with Gasteiger partial charge >= 0.3 is 12.1 Å². The van der Waals surface area contributed by atoms with E-state index in [4.69, 9.17) is 16.7 Å². The number of cyclic esters (lactones) is 1. The summed E-state index contributed by atoms with van der Waals surface area (Å²) in [4.78, 5) is 32.5. The van der Waals surface area contributed by atoms with Crippen molar-refractivity contribution in [1.29, 1.82) is 0 Å². The van der Waals surface area contributed by atoms with E-state index in [9.17, 15) is 14.4 Å². The molecule has 0 aliphatic carbocycles. The first-order chi connectivity index (χ1) is 6.02. The van der Waals surface area contributed by atoms with Gasteiger partial charge in [0.15, 0.2) is 6.73 Å². The van der Waals surface area contributed by atoms with Crippen molar-refractivity contribution in [3.05, 3.63) is 0 Å². The monoisotopic (exact) mass is 207 g/mol. The summed E-state index contributed by atoms with van der Waals surface area (Å²) in [6, 6.07) is -1.09. The van der Waals surface area contributed by atoms with Crippen LogP contribution in [0.3, 0.4) is 0 Å². The van der Waals surface area contributed by atoms with E-state index in [-0.39, 0.29) is 13.2 Å².